The van der Waals surface area contributed by atoms with Gasteiger partial charge < -0.3 is 9.21 Å². The van der Waals surface area contributed by atoms with E-state index in [-0.39, 0.29) is 17.7 Å². The lowest BCUT2D eigenvalue weighted by Gasteiger charge is -2.15. The molecular formula is C20H20N4O2S. The molecule has 1 amide bonds. The minimum Gasteiger partial charge on any atom is -0.330 e. The Morgan fingerprint density at radius 2 is 2.00 bits per heavy atom. The van der Waals surface area contributed by atoms with Crippen molar-refractivity contribution in [1.29, 1.82) is 0 Å². The minimum atomic E-state index is -0.164. The summed E-state index contributed by atoms with van der Waals surface area (Å²) < 4.78 is 3.67. The number of amides is 1. The number of carbonyl (C=O) groups excluding carboxylic acids is 2. The van der Waals surface area contributed by atoms with Crippen molar-refractivity contribution in [2.45, 2.75) is 0 Å². The van der Waals surface area contributed by atoms with Gasteiger partial charge in [0.1, 0.15) is 0 Å². The summed E-state index contributed by atoms with van der Waals surface area (Å²) in [5, 5.41) is 0.822. The maximum Gasteiger partial charge on any atom is 0.328 e. The van der Waals surface area contributed by atoms with Crippen molar-refractivity contribution in [3.63, 3.8) is 0 Å². The van der Waals surface area contributed by atoms with Gasteiger partial charge in [0.25, 0.3) is 0 Å². The highest BCUT2D eigenvalue weighted by Gasteiger charge is 2.32. The second-order valence-electron chi connectivity index (χ2n) is 6.74. The maximum atomic E-state index is 13.2. The molecule has 3 aromatic rings. The topological polar surface area (TPSA) is 58.4 Å². The van der Waals surface area contributed by atoms with Crippen LogP contribution in [0, 0.1) is 5.92 Å². The van der Waals surface area contributed by atoms with E-state index in [1.54, 1.807) is 43.0 Å². The van der Waals surface area contributed by atoms with Crippen LogP contribution in [-0.4, -0.2) is 52.7 Å². The van der Waals surface area contributed by atoms with Crippen molar-refractivity contribution in [3.8, 4) is 0 Å². The first kappa shape index (κ1) is 17.6. The second-order valence-corrected chi connectivity index (χ2v) is 7.77. The molecule has 0 N–H and O–H groups in total. The van der Waals surface area contributed by atoms with Gasteiger partial charge in [0.15, 0.2) is 5.78 Å². The number of benzene rings is 1. The Morgan fingerprint density at radius 3 is 2.74 bits per heavy atom. The molecule has 0 aliphatic carbocycles. The van der Waals surface area contributed by atoms with Crippen molar-refractivity contribution < 1.29 is 9.59 Å². The average molecular weight is 380 g/mol. The number of fused-ring (bicyclic) bond motifs is 1. The first-order valence-electron chi connectivity index (χ1n) is 8.72. The zero-order valence-electron chi connectivity index (χ0n) is 15.2. The zero-order valence-corrected chi connectivity index (χ0v) is 16.0. The van der Waals surface area contributed by atoms with Gasteiger partial charge in [-0.1, -0.05) is 18.2 Å². The number of anilines is 1. The Balaban J connectivity index is 1.65. The molecule has 0 spiro atoms. The molecular weight excluding hydrogens is 360 g/mol. The molecule has 4 rings (SSSR count). The van der Waals surface area contributed by atoms with E-state index in [0.29, 0.717) is 12.1 Å². The molecule has 1 aliphatic rings. The first-order valence-corrected chi connectivity index (χ1v) is 9.67. The number of ketones is 1. The number of rotatable bonds is 3. The summed E-state index contributed by atoms with van der Waals surface area (Å²) in [5.41, 5.74) is 2.37. The lowest BCUT2D eigenvalue weighted by molar-refractivity contribution is 0.0942. The van der Waals surface area contributed by atoms with E-state index in [1.165, 1.54) is 4.90 Å². The summed E-state index contributed by atoms with van der Waals surface area (Å²) in [6.07, 6.45) is 5.23. The standard InChI is InChI=1S/C20H20N4O2S/c1-22(2)20(26)23-12-17(16-7-3-4-8-18(16)23)19(25)14-11-24(27-13-14)15-6-5-9-21-10-15/h3-10,12,14H,11,13H2,1-2H3. The number of para-hydroxylation sites is 1. The van der Waals surface area contributed by atoms with E-state index in [0.717, 1.165) is 22.3 Å². The van der Waals surface area contributed by atoms with Gasteiger partial charge in [-0.05, 0) is 30.1 Å². The molecule has 1 unspecified atom stereocenters. The summed E-state index contributed by atoms with van der Waals surface area (Å²) in [4.78, 5) is 31.4. The third-order valence-electron chi connectivity index (χ3n) is 4.69. The van der Waals surface area contributed by atoms with E-state index < -0.39 is 0 Å². The van der Waals surface area contributed by atoms with Crippen LogP contribution in [-0.2, 0) is 0 Å². The fourth-order valence-corrected chi connectivity index (χ4v) is 4.45. The Bertz CT molecular complexity index is 1000. The Labute approximate surface area is 161 Å². The fourth-order valence-electron chi connectivity index (χ4n) is 3.29. The molecule has 3 heterocycles. The fraction of sp³-hybridized carbons (Fsp3) is 0.250. The predicted molar refractivity (Wildman–Crippen MR) is 108 cm³/mol. The number of Topliss-reactive ketones (excluding diaryl/α,β-unsaturated/α-hetero) is 1. The van der Waals surface area contributed by atoms with Crippen molar-refractivity contribution in [2.75, 3.05) is 30.7 Å². The highest BCUT2D eigenvalue weighted by Crippen LogP contribution is 2.34. The number of pyridine rings is 1. The van der Waals surface area contributed by atoms with Crippen molar-refractivity contribution in [2.24, 2.45) is 5.92 Å². The predicted octanol–water partition coefficient (Wildman–Crippen LogP) is 3.53. The third-order valence-corrected chi connectivity index (χ3v) is 5.91. The first-order chi connectivity index (χ1) is 13.1. The molecule has 1 fully saturated rings. The molecule has 138 valence electrons. The van der Waals surface area contributed by atoms with Gasteiger partial charge in [0.2, 0.25) is 0 Å². The monoisotopic (exact) mass is 380 g/mol. The van der Waals surface area contributed by atoms with Crippen LogP contribution in [0.5, 0.6) is 0 Å². The van der Waals surface area contributed by atoms with E-state index in [4.69, 9.17) is 0 Å². The summed E-state index contributed by atoms with van der Waals surface area (Å²) in [7, 11) is 3.41. The number of hydrogen-bond donors (Lipinski definition) is 0. The second kappa shape index (κ2) is 7.08. The van der Waals surface area contributed by atoms with Crippen molar-refractivity contribution in [1.82, 2.24) is 14.5 Å². The molecule has 0 radical (unpaired) electrons. The Hall–Kier alpha value is -2.80. The molecule has 7 heteroatoms. The van der Waals surface area contributed by atoms with Gasteiger partial charge in [-0.15, -0.1) is 0 Å². The summed E-state index contributed by atoms with van der Waals surface area (Å²) in [6.45, 7) is 0.635. The molecule has 27 heavy (non-hydrogen) atoms. The lowest BCUT2D eigenvalue weighted by Crippen LogP contribution is -2.26. The van der Waals surface area contributed by atoms with Gasteiger partial charge in [-0.3, -0.25) is 14.3 Å². The average Bonchev–Trinajstić information content (AvgIpc) is 3.33. The van der Waals surface area contributed by atoms with Crippen molar-refractivity contribution in [3.05, 3.63) is 60.6 Å². The highest BCUT2D eigenvalue weighted by molar-refractivity contribution is 8.00. The molecule has 6 nitrogen and oxygen atoms in total. The smallest absolute Gasteiger partial charge is 0.328 e. The zero-order chi connectivity index (χ0) is 19.0. The number of nitrogens with zero attached hydrogens (tertiary/aromatic N) is 4. The lowest BCUT2D eigenvalue weighted by atomic mass is 9.98. The van der Waals surface area contributed by atoms with E-state index >= 15 is 0 Å². The molecule has 0 bridgehead atoms. The summed E-state index contributed by atoms with van der Waals surface area (Å²) in [5.74, 6) is 0.675. The van der Waals surface area contributed by atoms with Gasteiger partial charge in [0, 0.05) is 49.7 Å². The van der Waals surface area contributed by atoms with Crippen LogP contribution in [0.4, 0.5) is 10.5 Å². The van der Waals surface area contributed by atoms with Crippen LogP contribution in [0.3, 0.4) is 0 Å². The Kier molecular flexibility index (Phi) is 4.61. The highest BCUT2D eigenvalue weighted by atomic mass is 32.2. The van der Waals surface area contributed by atoms with Crippen LogP contribution >= 0.6 is 11.9 Å². The van der Waals surface area contributed by atoms with Gasteiger partial charge in [-0.25, -0.2) is 4.79 Å². The number of hydrogen-bond acceptors (Lipinski definition) is 5. The SMILES string of the molecule is CN(C)C(=O)n1cc(C(=O)C2CSN(c3cccnc3)C2)c2ccccc21. The van der Waals surface area contributed by atoms with E-state index in [9.17, 15) is 9.59 Å². The van der Waals surface area contributed by atoms with Crippen LogP contribution in [0.15, 0.2) is 55.0 Å². The minimum absolute atomic E-state index is 0.0791. The van der Waals surface area contributed by atoms with Gasteiger partial charge in [-0.2, -0.15) is 0 Å². The molecule has 1 aromatic carbocycles. The molecule has 0 saturated carbocycles. The van der Waals surface area contributed by atoms with Crippen LogP contribution in [0.25, 0.3) is 10.9 Å². The maximum absolute atomic E-state index is 13.2. The largest absolute Gasteiger partial charge is 0.330 e. The van der Waals surface area contributed by atoms with Crippen LogP contribution in [0.2, 0.25) is 0 Å². The summed E-state index contributed by atoms with van der Waals surface area (Å²) in [6, 6.07) is 11.3. The number of aromatic nitrogens is 2. The molecule has 2 aromatic heterocycles. The quantitative estimate of drug-likeness (QED) is 0.514. The van der Waals surface area contributed by atoms with E-state index in [1.807, 2.05) is 42.6 Å². The third kappa shape index (κ3) is 3.19. The summed E-state index contributed by atoms with van der Waals surface area (Å²) >= 11 is 1.64. The van der Waals surface area contributed by atoms with Crippen molar-refractivity contribution >= 4 is 40.4 Å². The normalized spacial score (nSPS) is 16.7. The van der Waals surface area contributed by atoms with Gasteiger partial charge in [0.05, 0.1) is 23.3 Å². The number of carbonyl (C=O) groups is 2. The van der Waals surface area contributed by atoms with Gasteiger partial charge >= 0.3 is 6.03 Å². The van der Waals surface area contributed by atoms with E-state index in [2.05, 4.69) is 9.29 Å². The molecule has 1 atom stereocenters. The van der Waals surface area contributed by atoms with Crippen LogP contribution < -0.4 is 4.31 Å². The van der Waals surface area contributed by atoms with Crippen LogP contribution in [0.1, 0.15) is 10.4 Å². The molecule has 1 saturated heterocycles. The Morgan fingerprint density at radius 1 is 1.19 bits per heavy atom. The molecule has 1 aliphatic heterocycles.